The Morgan fingerprint density at radius 2 is 1.77 bits per heavy atom. The molecule has 5 aromatic rings. The van der Waals surface area contributed by atoms with Gasteiger partial charge in [-0.2, -0.15) is 0 Å². The molecule has 0 saturated carbocycles. The number of amides is 1. The Hall–Kier alpha value is -4.99. The van der Waals surface area contributed by atoms with Crippen molar-refractivity contribution < 1.29 is 19.4 Å². The van der Waals surface area contributed by atoms with Gasteiger partial charge in [0.25, 0.3) is 5.56 Å². The van der Waals surface area contributed by atoms with Crippen LogP contribution in [0.1, 0.15) is 0 Å². The molecular formula is C25H19N5O5. The summed E-state index contributed by atoms with van der Waals surface area (Å²) < 4.78 is 11.0. The molecule has 0 aliphatic rings. The van der Waals surface area contributed by atoms with Crippen molar-refractivity contribution in [2.24, 2.45) is 10.2 Å². The molecule has 0 aliphatic carbocycles. The van der Waals surface area contributed by atoms with Gasteiger partial charge in [-0.25, -0.2) is 4.98 Å². The minimum Gasteiger partial charge on any atom is -0.493 e. The number of ether oxygens (including phenoxy) is 2. The molecule has 5 rings (SSSR count). The summed E-state index contributed by atoms with van der Waals surface area (Å²) in [5, 5.41) is 18.7. The SMILES string of the molecule is COc1cc(-c2nc3ccccc3c(=O)[nH]2)ccc1OCC(=O)N=Nc1c(O)[nH]c2ccccc12. The fraction of sp³-hybridized carbons (Fsp3) is 0.0800. The van der Waals surface area contributed by atoms with Gasteiger partial charge in [0.15, 0.2) is 23.8 Å². The fourth-order valence-electron chi connectivity index (χ4n) is 3.65. The summed E-state index contributed by atoms with van der Waals surface area (Å²) in [6, 6.07) is 19.1. The summed E-state index contributed by atoms with van der Waals surface area (Å²) in [6.07, 6.45) is 0. The molecule has 2 aromatic heterocycles. The van der Waals surface area contributed by atoms with Gasteiger partial charge in [-0.1, -0.05) is 30.3 Å². The number of hydrogen-bond acceptors (Lipinski definition) is 7. The van der Waals surface area contributed by atoms with Crippen molar-refractivity contribution in [3.8, 4) is 28.8 Å². The van der Waals surface area contributed by atoms with E-state index in [0.717, 1.165) is 0 Å². The summed E-state index contributed by atoms with van der Waals surface area (Å²) in [4.78, 5) is 34.7. The summed E-state index contributed by atoms with van der Waals surface area (Å²) in [6.45, 7) is -0.395. The van der Waals surface area contributed by atoms with Gasteiger partial charge in [0.2, 0.25) is 5.88 Å². The molecule has 0 saturated heterocycles. The highest BCUT2D eigenvalue weighted by Gasteiger charge is 2.13. The smallest absolute Gasteiger partial charge is 0.302 e. The van der Waals surface area contributed by atoms with E-state index in [1.54, 1.807) is 54.6 Å². The van der Waals surface area contributed by atoms with Crippen molar-refractivity contribution in [1.29, 1.82) is 0 Å². The van der Waals surface area contributed by atoms with E-state index < -0.39 is 12.5 Å². The van der Waals surface area contributed by atoms with Gasteiger partial charge in [0, 0.05) is 10.9 Å². The first-order chi connectivity index (χ1) is 17.0. The monoisotopic (exact) mass is 469 g/mol. The van der Waals surface area contributed by atoms with E-state index in [9.17, 15) is 14.7 Å². The predicted molar refractivity (Wildman–Crippen MR) is 129 cm³/mol. The van der Waals surface area contributed by atoms with Gasteiger partial charge in [0.1, 0.15) is 5.82 Å². The van der Waals surface area contributed by atoms with Crippen molar-refractivity contribution in [3.05, 3.63) is 77.1 Å². The Morgan fingerprint density at radius 1 is 1.00 bits per heavy atom. The van der Waals surface area contributed by atoms with Crippen LogP contribution in [0.2, 0.25) is 0 Å². The van der Waals surface area contributed by atoms with Crippen LogP contribution in [0.3, 0.4) is 0 Å². The second-order valence-electron chi connectivity index (χ2n) is 7.55. The number of rotatable bonds is 6. The molecule has 35 heavy (non-hydrogen) atoms. The number of carbonyl (C=O) groups is 1. The number of azo groups is 1. The lowest BCUT2D eigenvalue weighted by atomic mass is 10.1. The third-order valence-electron chi connectivity index (χ3n) is 5.32. The fourth-order valence-corrected chi connectivity index (χ4v) is 3.65. The van der Waals surface area contributed by atoms with Crippen LogP contribution in [-0.4, -0.2) is 39.7 Å². The normalized spacial score (nSPS) is 11.3. The molecule has 0 bridgehead atoms. The minimum absolute atomic E-state index is 0.174. The summed E-state index contributed by atoms with van der Waals surface area (Å²) in [5.41, 5.74) is 1.78. The minimum atomic E-state index is -0.652. The molecule has 0 radical (unpaired) electrons. The number of benzene rings is 3. The number of nitrogens with one attached hydrogen (secondary N) is 2. The first-order valence-electron chi connectivity index (χ1n) is 10.6. The quantitative estimate of drug-likeness (QED) is 0.313. The summed E-state index contributed by atoms with van der Waals surface area (Å²) >= 11 is 0. The first-order valence-corrected chi connectivity index (χ1v) is 10.6. The molecule has 3 aromatic carbocycles. The lowest BCUT2D eigenvalue weighted by Gasteiger charge is -2.11. The molecule has 1 amide bonds. The molecule has 0 unspecified atom stereocenters. The maximum atomic E-state index is 12.4. The zero-order valence-electron chi connectivity index (χ0n) is 18.5. The van der Waals surface area contributed by atoms with Crippen LogP contribution >= 0.6 is 0 Å². The highest BCUT2D eigenvalue weighted by Crippen LogP contribution is 2.35. The van der Waals surface area contributed by atoms with Gasteiger partial charge in [-0.15, -0.1) is 10.2 Å². The second-order valence-corrected chi connectivity index (χ2v) is 7.55. The van der Waals surface area contributed by atoms with Crippen LogP contribution in [-0.2, 0) is 4.79 Å². The van der Waals surface area contributed by atoms with Crippen LogP contribution < -0.4 is 15.0 Å². The zero-order chi connectivity index (χ0) is 24.4. The number of carbonyl (C=O) groups excluding carboxylic acids is 1. The molecule has 10 heteroatoms. The predicted octanol–water partition coefficient (Wildman–Crippen LogP) is 4.47. The highest BCUT2D eigenvalue weighted by atomic mass is 16.5. The molecule has 2 heterocycles. The Morgan fingerprint density at radius 3 is 2.60 bits per heavy atom. The average molecular weight is 469 g/mol. The Bertz CT molecular complexity index is 1650. The first kappa shape index (κ1) is 21.8. The summed E-state index contributed by atoms with van der Waals surface area (Å²) in [7, 11) is 1.46. The molecular weight excluding hydrogens is 450 g/mol. The van der Waals surface area contributed by atoms with E-state index in [1.165, 1.54) is 7.11 Å². The number of hydrogen-bond donors (Lipinski definition) is 3. The molecule has 0 spiro atoms. The van der Waals surface area contributed by atoms with E-state index in [-0.39, 0.29) is 17.1 Å². The molecule has 174 valence electrons. The van der Waals surface area contributed by atoms with Crippen LogP contribution in [0.4, 0.5) is 5.69 Å². The number of para-hydroxylation sites is 2. The highest BCUT2D eigenvalue weighted by molar-refractivity contribution is 5.94. The second kappa shape index (κ2) is 9.10. The summed E-state index contributed by atoms with van der Waals surface area (Å²) in [5.74, 6) is 0.194. The van der Waals surface area contributed by atoms with E-state index in [2.05, 4.69) is 25.2 Å². The topological polar surface area (TPSA) is 142 Å². The maximum Gasteiger partial charge on any atom is 0.302 e. The number of H-pyrrole nitrogens is 2. The van der Waals surface area contributed by atoms with Crippen LogP contribution in [0.5, 0.6) is 17.4 Å². The lowest BCUT2D eigenvalue weighted by molar-refractivity contribution is -0.120. The van der Waals surface area contributed by atoms with Crippen molar-refractivity contribution in [1.82, 2.24) is 15.0 Å². The van der Waals surface area contributed by atoms with Crippen LogP contribution in [0.15, 0.2) is 81.8 Å². The Kier molecular flexibility index (Phi) is 5.68. The maximum absolute atomic E-state index is 12.4. The van der Waals surface area contributed by atoms with E-state index in [1.807, 2.05) is 12.1 Å². The van der Waals surface area contributed by atoms with Gasteiger partial charge >= 0.3 is 5.91 Å². The third kappa shape index (κ3) is 4.32. The third-order valence-corrected chi connectivity index (χ3v) is 5.32. The number of nitrogens with zero attached hydrogens (tertiary/aromatic N) is 3. The zero-order valence-corrected chi connectivity index (χ0v) is 18.5. The van der Waals surface area contributed by atoms with E-state index in [0.29, 0.717) is 44.7 Å². The van der Waals surface area contributed by atoms with Crippen molar-refractivity contribution in [2.45, 2.75) is 0 Å². The number of aromatic amines is 2. The molecule has 0 fully saturated rings. The largest absolute Gasteiger partial charge is 0.493 e. The van der Waals surface area contributed by atoms with Gasteiger partial charge in [-0.3, -0.25) is 9.59 Å². The number of aromatic hydroxyl groups is 1. The van der Waals surface area contributed by atoms with E-state index in [4.69, 9.17) is 9.47 Å². The van der Waals surface area contributed by atoms with Gasteiger partial charge in [-0.05, 0) is 36.4 Å². The van der Waals surface area contributed by atoms with E-state index >= 15 is 0 Å². The lowest BCUT2D eigenvalue weighted by Crippen LogP contribution is -2.10. The molecule has 3 N–H and O–H groups in total. The molecule has 0 atom stereocenters. The van der Waals surface area contributed by atoms with Crippen molar-refractivity contribution in [3.63, 3.8) is 0 Å². The number of methoxy groups -OCH3 is 1. The van der Waals surface area contributed by atoms with Crippen LogP contribution in [0.25, 0.3) is 33.2 Å². The van der Waals surface area contributed by atoms with Crippen molar-refractivity contribution in [2.75, 3.05) is 13.7 Å². The molecule has 0 aliphatic heterocycles. The van der Waals surface area contributed by atoms with Gasteiger partial charge in [0.05, 0.1) is 23.5 Å². The van der Waals surface area contributed by atoms with Gasteiger partial charge < -0.3 is 24.5 Å². The Balaban J connectivity index is 1.33. The molecule has 10 nitrogen and oxygen atoms in total. The van der Waals surface area contributed by atoms with Crippen LogP contribution in [0, 0.1) is 0 Å². The van der Waals surface area contributed by atoms with Crippen molar-refractivity contribution >= 4 is 33.4 Å². The Labute approximate surface area is 197 Å². The number of fused-ring (bicyclic) bond motifs is 2. The standard InChI is InChI=1S/C25H19N5O5/c1-34-20-12-14(23-26-18-9-5-3-7-16(18)24(32)28-23)10-11-19(20)35-13-21(31)29-30-22-15-6-2-4-8-17(15)27-25(22)33/h2-12,27,33H,13H2,1H3,(H,26,28,32). The number of aromatic nitrogens is 3. The average Bonchev–Trinajstić information content (AvgIpc) is 3.20.